The molecule has 0 saturated carbocycles. The molecule has 0 radical (unpaired) electrons. The quantitative estimate of drug-likeness (QED) is 0.749. The van der Waals surface area contributed by atoms with Crippen LogP contribution >= 0.6 is 11.3 Å². The zero-order chi connectivity index (χ0) is 15.4. The number of nitrogens with one attached hydrogen (secondary N) is 1. The topological polar surface area (TPSA) is 43.4 Å². The third-order valence-electron chi connectivity index (χ3n) is 3.21. The van der Waals surface area contributed by atoms with Crippen molar-refractivity contribution in [3.8, 4) is 21.9 Å². The van der Waals surface area contributed by atoms with Crippen LogP contribution in [0, 0.1) is 0 Å². The van der Waals surface area contributed by atoms with E-state index in [4.69, 9.17) is 9.47 Å². The monoisotopic (exact) mass is 312 g/mol. The van der Waals surface area contributed by atoms with Crippen molar-refractivity contribution in [1.82, 2.24) is 4.98 Å². The second-order valence-electron chi connectivity index (χ2n) is 4.59. The van der Waals surface area contributed by atoms with Gasteiger partial charge in [-0.3, -0.25) is 0 Å². The van der Waals surface area contributed by atoms with Gasteiger partial charge in [0, 0.05) is 12.3 Å². The molecule has 0 amide bonds. The van der Waals surface area contributed by atoms with Crippen LogP contribution in [-0.2, 0) is 0 Å². The third kappa shape index (κ3) is 3.04. The zero-order valence-electron chi connectivity index (χ0n) is 12.4. The summed E-state index contributed by atoms with van der Waals surface area (Å²) in [6.07, 6.45) is 1.87. The minimum atomic E-state index is 0.747. The second-order valence-corrected chi connectivity index (χ2v) is 5.62. The van der Waals surface area contributed by atoms with Crippen molar-refractivity contribution in [2.24, 2.45) is 0 Å². The Kier molecular flexibility index (Phi) is 4.25. The summed E-state index contributed by atoms with van der Waals surface area (Å²) in [5.74, 6) is 1.51. The van der Waals surface area contributed by atoms with Gasteiger partial charge in [-0.25, -0.2) is 4.98 Å². The first-order chi connectivity index (χ1) is 10.8. The van der Waals surface area contributed by atoms with E-state index in [9.17, 15) is 0 Å². The Morgan fingerprint density at radius 2 is 1.82 bits per heavy atom. The lowest BCUT2D eigenvalue weighted by molar-refractivity contribution is 0.405. The van der Waals surface area contributed by atoms with Gasteiger partial charge < -0.3 is 14.8 Å². The molecule has 0 aliphatic carbocycles. The maximum Gasteiger partial charge on any atom is 0.187 e. The van der Waals surface area contributed by atoms with Gasteiger partial charge in [0.2, 0.25) is 0 Å². The van der Waals surface area contributed by atoms with E-state index >= 15 is 0 Å². The lowest BCUT2D eigenvalue weighted by Crippen LogP contribution is -1.95. The molecule has 0 atom stereocenters. The summed E-state index contributed by atoms with van der Waals surface area (Å²) in [6.45, 7) is 0. The van der Waals surface area contributed by atoms with Crippen LogP contribution in [-0.4, -0.2) is 19.2 Å². The highest BCUT2D eigenvalue weighted by Gasteiger charge is 2.09. The molecule has 3 aromatic rings. The van der Waals surface area contributed by atoms with E-state index in [0.717, 1.165) is 32.8 Å². The van der Waals surface area contributed by atoms with Crippen LogP contribution in [0.4, 0.5) is 10.8 Å². The summed E-state index contributed by atoms with van der Waals surface area (Å²) in [5.41, 5.74) is 1.99. The third-order valence-corrected chi connectivity index (χ3v) is 4.17. The molecule has 0 bridgehead atoms. The largest absolute Gasteiger partial charge is 0.497 e. The Balaban J connectivity index is 1.86. The maximum atomic E-state index is 5.37. The van der Waals surface area contributed by atoms with Gasteiger partial charge in [0.05, 0.1) is 24.8 Å². The SMILES string of the molecule is COc1ccc(OC)c(Nc2ncc(-c3ccccc3)s2)c1. The van der Waals surface area contributed by atoms with Crippen molar-refractivity contribution >= 4 is 22.2 Å². The first-order valence-electron chi connectivity index (χ1n) is 6.80. The van der Waals surface area contributed by atoms with Crippen LogP contribution in [0.15, 0.2) is 54.7 Å². The first kappa shape index (κ1) is 14.4. The number of hydrogen-bond donors (Lipinski definition) is 1. The van der Waals surface area contributed by atoms with E-state index in [1.165, 1.54) is 0 Å². The number of thiazole rings is 1. The van der Waals surface area contributed by atoms with Crippen LogP contribution in [0.25, 0.3) is 10.4 Å². The summed E-state index contributed by atoms with van der Waals surface area (Å²) >= 11 is 1.59. The molecule has 112 valence electrons. The Morgan fingerprint density at radius 3 is 2.55 bits per heavy atom. The average molecular weight is 312 g/mol. The molecular formula is C17H16N2O2S. The van der Waals surface area contributed by atoms with Gasteiger partial charge in [-0.2, -0.15) is 0 Å². The number of hydrogen-bond acceptors (Lipinski definition) is 5. The predicted octanol–water partition coefficient (Wildman–Crippen LogP) is 4.57. The summed E-state index contributed by atoms with van der Waals surface area (Å²) in [5, 5.41) is 4.10. The van der Waals surface area contributed by atoms with Crippen molar-refractivity contribution in [1.29, 1.82) is 0 Å². The second kappa shape index (κ2) is 6.49. The van der Waals surface area contributed by atoms with E-state index in [0.29, 0.717) is 0 Å². The smallest absolute Gasteiger partial charge is 0.187 e. The van der Waals surface area contributed by atoms with Crippen molar-refractivity contribution in [3.05, 3.63) is 54.7 Å². The maximum absolute atomic E-state index is 5.37. The van der Waals surface area contributed by atoms with Gasteiger partial charge in [0.15, 0.2) is 5.13 Å². The summed E-state index contributed by atoms with van der Waals surface area (Å²) in [4.78, 5) is 5.55. The molecule has 0 saturated heterocycles. The highest BCUT2D eigenvalue weighted by Crippen LogP contribution is 2.35. The van der Waals surface area contributed by atoms with Crippen molar-refractivity contribution in [2.75, 3.05) is 19.5 Å². The molecule has 1 N–H and O–H groups in total. The van der Waals surface area contributed by atoms with E-state index in [1.54, 1.807) is 25.6 Å². The van der Waals surface area contributed by atoms with Crippen molar-refractivity contribution < 1.29 is 9.47 Å². The number of nitrogens with zero attached hydrogens (tertiary/aromatic N) is 1. The molecule has 0 aliphatic heterocycles. The summed E-state index contributed by atoms with van der Waals surface area (Å²) < 4.78 is 10.6. The molecule has 3 rings (SSSR count). The van der Waals surface area contributed by atoms with E-state index in [2.05, 4.69) is 22.4 Å². The predicted molar refractivity (Wildman–Crippen MR) is 90.4 cm³/mol. The van der Waals surface area contributed by atoms with Gasteiger partial charge in [-0.15, -0.1) is 0 Å². The standard InChI is InChI=1S/C17H16N2O2S/c1-20-13-8-9-15(21-2)14(10-13)19-17-18-11-16(22-17)12-6-4-3-5-7-12/h3-11H,1-2H3,(H,18,19). The van der Waals surface area contributed by atoms with Gasteiger partial charge in [-0.05, 0) is 17.7 Å². The van der Waals surface area contributed by atoms with Gasteiger partial charge >= 0.3 is 0 Å². The first-order valence-corrected chi connectivity index (χ1v) is 7.62. The lowest BCUT2D eigenvalue weighted by atomic mass is 10.2. The molecule has 5 heteroatoms. The fourth-order valence-electron chi connectivity index (χ4n) is 2.09. The molecule has 1 aromatic heterocycles. The fourth-order valence-corrected chi connectivity index (χ4v) is 2.93. The molecule has 1 heterocycles. The molecule has 4 nitrogen and oxygen atoms in total. The minimum Gasteiger partial charge on any atom is -0.497 e. The number of ether oxygens (including phenoxy) is 2. The highest BCUT2D eigenvalue weighted by molar-refractivity contribution is 7.18. The number of benzene rings is 2. The number of anilines is 2. The van der Waals surface area contributed by atoms with Crippen LogP contribution in [0.2, 0.25) is 0 Å². The van der Waals surface area contributed by atoms with Gasteiger partial charge in [-0.1, -0.05) is 41.7 Å². The van der Waals surface area contributed by atoms with Crippen molar-refractivity contribution in [3.63, 3.8) is 0 Å². The van der Waals surface area contributed by atoms with E-state index in [-0.39, 0.29) is 0 Å². The average Bonchev–Trinajstić information content (AvgIpc) is 3.04. The minimum absolute atomic E-state index is 0.747. The van der Waals surface area contributed by atoms with Gasteiger partial charge in [0.25, 0.3) is 0 Å². The van der Waals surface area contributed by atoms with Crippen LogP contribution in [0.3, 0.4) is 0 Å². The molecule has 0 spiro atoms. The lowest BCUT2D eigenvalue weighted by Gasteiger charge is -2.10. The highest BCUT2D eigenvalue weighted by atomic mass is 32.1. The van der Waals surface area contributed by atoms with Crippen molar-refractivity contribution in [2.45, 2.75) is 0 Å². The Labute approximate surface area is 133 Å². The van der Waals surface area contributed by atoms with Crippen LogP contribution < -0.4 is 14.8 Å². The van der Waals surface area contributed by atoms with E-state index < -0.39 is 0 Å². The number of methoxy groups -OCH3 is 2. The molecular weight excluding hydrogens is 296 g/mol. The van der Waals surface area contributed by atoms with Gasteiger partial charge in [0.1, 0.15) is 11.5 Å². The normalized spacial score (nSPS) is 10.3. The molecule has 0 unspecified atom stereocenters. The van der Waals surface area contributed by atoms with Crippen LogP contribution in [0.5, 0.6) is 11.5 Å². The molecule has 22 heavy (non-hydrogen) atoms. The molecule has 0 fully saturated rings. The summed E-state index contributed by atoms with van der Waals surface area (Å²) in [7, 11) is 3.28. The molecule has 0 aliphatic rings. The number of aromatic nitrogens is 1. The Hall–Kier alpha value is -2.53. The zero-order valence-corrected chi connectivity index (χ0v) is 13.2. The number of rotatable bonds is 5. The Bertz CT molecular complexity index is 756. The van der Waals surface area contributed by atoms with E-state index in [1.807, 2.05) is 42.6 Å². The summed E-state index contributed by atoms with van der Waals surface area (Å²) in [6, 6.07) is 15.8. The molecule has 2 aromatic carbocycles. The Morgan fingerprint density at radius 1 is 1.00 bits per heavy atom. The fraction of sp³-hybridized carbons (Fsp3) is 0.118. The van der Waals surface area contributed by atoms with Crippen LogP contribution in [0.1, 0.15) is 0 Å².